The van der Waals surface area contributed by atoms with Gasteiger partial charge in [-0.15, -0.1) is 11.8 Å². The van der Waals surface area contributed by atoms with Crippen molar-refractivity contribution in [2.24, 2.45) is 11.8 Å². The highest BCUT2D eigenvalue weighted by molar-refractivity contribution is 9.09. The van der Waals surface area contributed by atoms with Crippen molar-refractivity contribution in [2.45, 2.75) is 36.8 Å². The molecule has 0 spiro atoms. The third-order valence-electron chi connectivity index (χ3n) is 3.42. The van der Waals surface area contributed by atoms with Crippen molar-refractivity contribution in [3.8, 4) is 0 Å². The van der Waals surface area contributed by atoms with E-state index in [9.17, 15) is 0 Å². The van der Waals surface area contributed by atoms with Crippen molar-refractivity contribution in [3.63, 3.8) is 0 Å². The van der Waals surface area contributed by atoms with Crippen LogP contribution in [0.2, 0.25) is 0 Å². The fourth-order valence-corrected chi connectivity index (χ4v) is 4.67. The van der Waals surface area contributed by atoms with E-state index in [0.29, 0.717) is 0 Å². The van der Waals surface area contributed by atoms with Crippen LogP contribution in [0.3, 0.4) is 0 Å². The minimum atomic E-state index is 0.781. The SMILES string of the molecule is CC(C)C(CBr)CC1Cc2ccccc2S1. The Labute approximate surface area is 111 Å². The maximum atomic E-state index is 3.65. The summed E-state index contributed by atoms with van der Waals surface area (Å²) in [4.78, 5) is 1.50. The van der Waals surface area contributed by atoms with Crippen LogP contribution < -0.4 is 0 Å². The first-order valence-corrected chi connectivity index (χ1v) is 8.01. The monoisotopic (exact) mass is 298 g/mol. The number of hydrogen-bond donors (Lipinski definition) is 0. The molecule has 1 aromatic carbocycles. The molecule has 2 rings (SSSR count). The van der Waals surface area contributed by atoms with Crippen molar-refractivity contribution < 1.29 is 0 Å². The average molecular weight is 299 g/mol. The Kier molecular flexibility index (Phi) is 4.37. The maximum Gasteiger partial charge on any atom is 0.0138 e. The van der Waals surface area contributed by atoms with Crippen LogP contribution >= 0.6 is 27.7 Å². The van der Waals surface area contributed by atoms with Gasteiger partial charge in [-0.05, 0) is 36.3 Å². The van der Waals surface area contributed by atoms with Gasteiger partial charge < -0.3 is 0 Å². The highest BCUT2D eigenvalue weighted by atomic mass is 79.9. The van der Waals surface area contributed by atoms with Crippen LogP contribution in [-0.2, 0) is 6.42 Å². The molecule has 0 aromatic heterocycles. The number of fused-ring (bicyclic) bond motifs is 1. The maximum absolute atomic E-state index is 3.65. The van der Waals surface area contributed by atoms with Crippen LogP contribution in [0.1, 0.15) is 25.8 Å². The predicted molar refractivity (Wildman–Crippen MR) is 76.5 cm³/mol. The Morgan fingerprint density at radius 2 is 2.12 bits per heavy atom. The zero-order chi connectivity index (χ0) is 11.5. The second kappa shape index (κ2) is 5.59. The largest absolute Gasteiger partial charge is 0.122 e. The van der Waals surface area contributed by atoms with E-state index in [1.54, 1.807) is 5.56 Å². The van der Waals surface area contributed by atoms with Gasteiger partial charge in [0.15, 0.2) is 0 Å². The summed E-state index contributed by atoms with van der Waals surface area (Å²) in [5.41, 5.74) is 1.55. The van der Waals surface area contributed by atoms with Gasteiger partial charge in [0.1, 0.15) is 0 Å². The van der Waals surface area contributed by atoms with Crippen molar-refractivity contribution in [3.05, 3.63) is 29.8 Å². The molecule has 2 unspecified atom stereocenters. The Bertz CT molecular complexity index is 323. The van der Waals surface area contributed by atoms with Crippen molar-refractivity contribution in [2.75, 3.05) is 5.33 Å². The first-order chi connectivity index (χ1) is 7.70. The molecule has 0 amide bonds. The van der Waals surface area contributed by atoms with Gasteiger partial charge in [0, 0.05) is 15.5 Å². The summed E-state index contributed by atoms with van der Waals surface area (Å²) in [6.07, 6.45) is 2.60. The van der Waals surface area contributed by atoms with Crippen molar-refractivity contribution >= 4 is 27.7 Å². The lowest BCUT2D eigenvalue weighted by Crippen LogP contribution is -2.16. The molecule has 0 nitrogen and oxygen atoms in total. The highest BCUT2D eigenvalue weighted by Gasteiger charge is 2.25. The number of halogens is 1. The molecule has 0 aliphatic carbocycles. The Morgan fingerprint density at radius 3 is 2.75 bits per heavy atom. The number of benzene rings is 1. The second-order valence-electron chi connectivity index (χ2n) is 4.95. The molecule has 1 aliphatic heterocycles. The summed E-state index contributed by atoms with van der Waals surface area (Å²) in [6, 6.07) is 8.85. The van der Waals surface area contributed by atoms with E-state index in [1.165, 1.54) is 17.7 Å². The van der Waals surface area contributed by atoms with Crippen molar-refractivity contribution in [1.82, 2.24) is 0 Å². The summed E-state index contributed by atoms with van der Waals surface area (Å²) in [5.74, 6) is 1.59. The average Bonchev–Trinajstić information content (AvgIpc) is 2.67. The van der Waals surface area contributed by atoms with Gasteiger partial charge >= 0.3 is 0 Å². The third kappa shape index (κ3) is 2.84. The van der Waals surface area contributed by atoms with Gasteiger partial charge in [-0.1, -0.05) is 48.0 Å². The zero-order valence-corrected chi connectivity index (χ0v) is 12.4. The van der Waals surface area contributed by atoms with Gasteiger partial charge in [-0.25, -0.2) is 0 Å². The molecule has 1 aromatic rings. The van der Waals surface area contributed by atoms with Crippen LogP contribution in [0.5, 0.6) is 0 Å². The van der Waals surface area contributed by atoms with E-state index < -0.39 is 0 Å². The molecule has 0 fully saturated rings. The van der Waals surface area contributed by atoms with E-state index in [4.69, 9.17) is 0 Å². The van der Waals surface area contributed by atoms with Gasteiger partial charge in [-0.2, -0.15) is 0 Å². The summed E-state index contributed by atoms with van der Waals surface area (Å²) in [7, 11) is 0. The Balaban J connectivity index is 1.96. The molecule has 88 valence electrons. The number of hydrogen-bond acceptors (Lipinski definition) is 1. The topological polar surface area (TPSA) is 0 Å². The summed E-state index contributed by atoms with van der Waals surface area (Å²) >= 11 is 5.73. The van der Waals surface area contributed by atoms with Gasteiger partial charge in [-0.3, -0.25) is 0 Å². The minimum Gasteiger partial charge on any atom is -0.122 e. The molecule has 1 aliphatic rings. The Hall–Kier alpha value is 0.0500. The number of alkyl halides is 1. The molecule has 0 saturated heterocycles. The molecule has 1 heterocycles. The van der Waals surface area contributed by atoms with E-state index in [1.807, 2.05) is 0 Å². The standard InChI is InChI=1S/C14H19BrS/c1-10(2)12(9-15)8-13-7-11-5-3-4-6-14(11)16-13/h3-6,10,12-13H,7-9H2,1-2H3. The molecule has 0 saturated carbocycles. The number of thioether (sulfide) groups is 1. The molecular formula is C14H19BrS. The molecule has 2 atom stereocenters. The lowest BCUT2D eigenvalue weighted by atomic mass is 9.91. The predicted octanol–water partition coefficient (Wildman–Crippen LogP) is 4.76. The van der Waals surface area contributed by atoms with Crippen LogP contribution in [0, 0.1) is 11.8 Å². The molecule has 16 heavy (non-hydrogen) atoms. The molecular weight excluding hydrogens is 280 g/mol. The molecule has 0 radical (unpaired) electrons. The van der Waals surface area contributed by atoms with Gasteiger partial charge in [0.25, 0.3) is 0 Å². The van der Waals surface area contributed by atoms with Crippen LogP contribution in [-0.4, -0.2) is 10.6 Å². The molecule has 0 N–H and O–H groups in total. The lowest BCUT2D eigenvalue weighted by molar-refractivity contribution is 0.397. The Morgan fingerprint density at radius 1 is 1.38 bits per heavy atom. The van der Waals surface area contributed by atoms with Crippen LogP contribution in [0.15, 0.2) is 29.2 Å². The van der Waals surface area contributed by atoms with Crippen LogP contribution in [0.25, 0.3) is 0 Å². The van der Waals surface area contributed by atoms with Gasteiger partial charge in [0.05, 0.1) is 0 Å². The summed E-state index contributed by atoms with van der Waals surface area (Å²) in [6.45, 7) is 4.66. The van der Waals surface area contributed by atoms with E-state index in [2.05, 4.69) is 65.8 Å². The van der Waals surface area contributed by atoms with E-state index in [0.717, 1.165) is 22.4 Å². The second-order valence-corrected chi connectivity index (χ2v) is 6.94. The normalized spacial score (nSPS) is 21.1. The molecule has 0 bridgehead atoms. The smallest absolute Gasteiger partial charge is 0.0138 e. The fourth-order valence-electron chi connectivity index (χ4n) is 2.24. The third-order valence-corrected chi connectivity index (χ3v) is 5.60. The number of rotatable bonds is 4. The van der Waals surface area contributed by atoms with E-state index in [-0.39, 0.29) is 0 Å². The fraction of sp³-hybridized carbons (Fsp3) is 0.571. The highest BCUT2D eigenvalue weighted by Crippen LogP contribution is 2.40. The quantitative estimate of drug-likeness (QED) is 0.722. The summed E-state index contributed by atoms with van der Waals surface area (Å²) in [5, 5.41) is 1.93. The van der Waals surface area contributed by atoms with Crippen molar-refractivity contribution in [1.29, 1.82) is 0 Å². The molecule has 2 heteroatoms. The van der Waals surface area contributed by atoms with Crippen LogP contribution in [0.4, 0.5) is 0 Å². The minimum absolute atomic E-state index is 0.781. The first-order valence-electron chi connectivity index (χ1n) is 6.01. The van der Waals surface area contributed by atoms with Gasteiger partial charge in [0.2, 0.25) is 0 Å². The van der Waals surface area contributed by atoms with E-state index >= 15 is 0 Å². The lowest BCUT2D eigenvalue weighted by Gasteiger charge is -2.21. The first kappa shape index (κ1) is 12.5. The summed E-state index contributed by atoms with van der Waals surface area (Å²) < 4.78 is 0. The zero-order valence-electron chi connectivity index (χ0n) is 9.95.